The lowest BCUT2D eigenvalue weighted by molar-refractivity contribution is 0.0289. The first-order chi connectivity index (χ1) is 17.7. The number of ether oxygens (including phenoxy) is 2. The topological polar surface area (TPSA) is 119 Å². The Morgan fingerprint density at radius 1 is 1.08 bits per heavy atom. The highest BCUT2D eigenvalue weighted by Crippen LogP contribution is 2.40. The summed E-state index contributed by atoms with van der Waals surface area (Å²) < 4.78 is 13.4. The van der Waals surface area contributed by atoms with Gasteiger partial charge < -0.3 is 24.7 Å². The Labute approximate surface area is 215 Å². The van der Waals surface area contributed by atoms with E-state index in [1.807, 2.05) is 79.9 Å². The highest BCUT2D eigenvalue weighted by Gasteiger charge is 2.34. The number of aromatic nitrogens is 3. The monoisotopic (exact) mass is 496 g/mol. The molecule has 2 aromatic heterocycles. The predicted octanol–water partition coefficient (Wildman–Crippen LogP) is 5.53. The first-order valence-corrected chi connectivity index (χ1v) is 12.1. The van der Waals surface area contributed by atoms with Gasteiger partial charge in [0.15, 0.2) is 0 Å². The Kier molecular flexibility index (Phi) is 6.17. The fourth-order valence-corrected chi connectivity index (χ4v) is 4.66. The van der Waals surface area contributed by atoms with E-state index in [2.05, 4.69) is 16.0 Å². The lowest BCUT2D eigenvalue weighted by Gasteiger charge is -2.24. The van der Waals surface area contributed by atoms with Gasteiger partial charge in [-0.1, -0.05) is 30.3 Å². The first-order valence-electron chi connectivity index (χ1n) is 12.1. The highest BCUT2D eigenvalue weighted by molar-refractivity contribution is 6.03. The molecule has 1 amide bonds. The van der Waals surface area contributed by atoms with Crippen LogP contribution in [0.5, 0.6) is 11.5 Å². The van der Waals surface area contributed by atoms with E-state index in [4.69, 9.17) is 15.2 Å². The molecule has 1 fully saturated rings. The van der Waals surface area contributed by atoms with E-state index in [0.29, 0.717) is 53.4 Å². The summed E-state index contributed by atoms with van der Waals surface area (Å²) in [4.78, 5) is 23.0. The number of nitrogens with zero attached hydrogens (tertiary/aromatic N) is 5. The molecule has 9 heteroatoms. The summed E-state index contributed by atoms with van der Waals surface area (Å²) in [6.45, 7) is 6.45. The summed E-state index contributed by atoms with van der Waals surface area (Å²) in [5, 5.41) is 10.9. The van der Waals surface area contributed by atoms with Crippen LogP contribution in [0.2, 0.25) is 0 Å². The summed E-state index contributed by atoms with van der Waals surface area (Å²) in [6.07, 6.45) is 1.69. The molecular formula is C28H28N6O3. The second-order valence-corrected chi connectivity index (χ2v) is 9.97. The van der Waals surface area contributed by atoms with Crippen molar-refractivity contribution in [3.8, 4) is 28.7 Å². The van der Waals surface area contributed by atoms with Crippen LogP contribution in [0.25, 0.3) is 22.2 Å². The molecule has 0 radical (unpaired) electrons. The maximum Gasteiger partial charge on any atom is 0.410 e. The van der Waals surface area contributed by atoms with Gasteiger partial charge in [-0.05, 0) is 57.0 Å². The van der Waals surface area contributed by atoms with Crippen LogP contribution in [0.3, 0.4) is 0 Å². The largest absolute Gasteiger partial charge is 0.457 e. The van der Waals surface area contributed by atoms with Crippen molar-refractivity contribution >= 4 is 22.9 Å². The molecule has 0 unspecified atom stereocenters. The van der Waals surface area contributed by atoms with Crippen molar-refractivity contribution in [3.05, 3.63) is 66.6 Å². The summed E-state index contributed by atoms with van der Waals surface area (Å²) in [5.41, 5.74) is 8.19. The van der Waals surface area contributed by atoms with E-state index >= 15 is 0 Å². The van der Waals surface area contributed by atoms with Gasteiger partial charge in [0.05, 0.1) is 11.4 Å². The van der Waals surface area contributed by atoms with E-state index in [-0.39, 0.29) is 12.1 Å². The normalized spacial score (nSPS) is 15.5. The molecule has 37 heavy (non-hydrogen) atoms. The molecule has 188 valence electrons. The molecule has 1 aliphatic heterocycles. The van der Waals surface area contributed by atoms with E-state index in [1.54, 1.807) is 4.90 Å². The van der Waals surface area contributed by atoms with Gasteiger partial charge in [0.1, 0.15) is 46.7 Å². The SMILES string of the molecule is CC(C)(C)OC(=O)N1CC[C@@H](n2c(C#N)c(-c3ccc(Oc4ccccc4)cc3)c3c(N)ncnc32)C1. The second-order valence-electron chi connectivity index (χ2n) is 9.97. The number of benzene rings is 2. The maximum absolute atomic E-state index is 12.7. The van der Waals surface area contributed by atoms with Gasteiger partial charge >= 0.3 is 6.09 Å². The zero-order valence-corrected chi connectivity index (χ0v) is 21.0. The fourth-order valence-electron chi connectivity index (χ4n) is 4.66. The van der Waals surface area contributed by atoms with E-state index in [0.717, 1.165) is 11.3 Å². The number of amides is 1. The smallest absolute Gasteiger partial charge is 0.410 e. The van der Waals surface area contributed by atoms with Crippen LogP contribution in [0, 0.1) is 11.3 Å². The van der Waals surface area contributed by atoms with Gasteiger partial charge in [0.25, 0.3) is 0 Å². The van der Waals surface area contributed by atoms with Crippen molar-refractivity contribution in [2.45, 2.75) is 38.8 Å². The fraction of sp³-hybridized carbons (Fsp3) is 0.286. The van der Waals surface area contributed by atoms with Gasteiger partial charge in [-0.15, -0.1) is 0 Å². The number of likely N-dealkylation sites (tertiary alicyclic amines) is 1. The lowest BCUT2D eigenvalue weighted by Crippen LogP contribution is -2.35. The van der Waals surface area contributed by atoms with E-state index in [1.165, 1.54) is 6.33 Å². The molecule has 2 N–H and O–H groups in total. The number of para-hydroxylation sites is 1. The summed E-state index contributed by atoms with van der Waals surface area (Å²) >= 11 is 0. The van der Waals surface area contributed by atoms with Gasteiger partial charge in [-0.25, -0.2) is 14.8 Å². The number of fused-ring (bicyclic) bond motifs is 1. The predicted molar refractivity (Wildman–Crippen MR) is 140 cm³/mol. The van der Waals surface area contributed by atoms with Crippen LogP contribution in [0.1, 0.15) is 38.9 Å². The van der Waals surface area contributed by atoms with Gasteiger partial charge in [0, 0.05) is 18.7 Å². The third-order valence-corrected chi connectivity index (χ3v) is 6.22. The Morgan fingerprint density at radius 3 is 2.46 bits per heavy atom. The minimum absolute atomic E-state index is 0.159. The molecule has 3 heterocycles. The number of nitriles is 1. The standard InChI is InChI=1S/C28H28N6O3/c1-28(2,3)37-27(35)33-14-13-19(16-33)34-22(15-29)23(24-25(30)31-17-32-26(24)34)18-9-11-21(12-10-18)36-20-7-5-4-6-8-20/h4-12,17,19H,13-14,16H2,1-3H3,(H2,30,31,32)/t19-/m1/s1. The van der Waals surface area contributed by atoms with Crippen molar-refractivity contribution in [3.63, 3.8) is 0 Å². The summed E-state index contributed by atoms with van der Waals surface area (Å²) in [5.74, 6) is 1.70. The molecule has 0 aliphatic carbocycles. The van der Waals surface area contributed by atoms with Crippen molar-refractivity contribution in [1.29, 1.82) is 5.26 Å². The van der Waals surface area contributed by atoms with Crippen molar-refractivity contribution in [1.82, 2.24) is 19.4 Å². The van der Waals surface area contributed by atoms with Crippen molar-refractivity contribution in [2.24, 2.45) is 0 Å². The number of nitrogen functional groups attached to an aromatic ring is 1. The molecule has 0 saturated carbocycles. The van der Waals surface area contributed by atoms with Crippen molar-refractivity contribution in [2.75, 3.05) is 18.8 Å². The molecule has 0 bridgehead atoms. The zero-order chi connectivity index (χ0) is 26.2. The Morgan fingerprint density at radius 2 is 1.78 bits per heavy atom. The van der Waals surface area contributed by atoms with Crippen LogP contribution in [0.15, 0.2) is 60.9 Å². The zero-order valence-electron chi connectivity index (χ0n) is 21.0. The average molecular weight is 497 g/mol. The molecular weight excluding hydrogens is 468 g/mol. The first kappa shape index (κ1) is 24.1. The van der Waals surface area contributed by atoms with Crippen LogP contribution >= 0.6 is 0 Å². The summed E-state index contributed by atoms with van der Waals surface area (Å²) in [7, 11) is 0. The van der Waals surface area contributed by atoms with Crippen LogP contribution in [0.4, 0.5) is 10.6 Å². The third-order valence-electron chi connectivity index (χ3n) is 6.22. The maximum atomic E-state index is 12.7. The van der Waals surface area contributed by atoms with Crippen LogP contribution < -0.4 is 10.5 Å². The number of anilines is 1. The lowest BCUT2D eigenvalue weighted by atomic mass is 10.0. The third kappa shape index (κ3) is 4.78. The number of hydrogen-bond donors (Lipinski definition) is 1. The summed E-state index contributed by atoms with van der Waals surface area (Å²) in [6, 6.07) is 19.2. The minimum Gasteiger partial charge on any atom is -0.457 e. The van der Waals surface area contributed by atoms with Gasteiger partial charge in [0.2, 0.25) is 0 Å². The number of carbonyl (C=O) groups excluding carboxylic acids is 1. The van der Waals surface area contributed by atoms with Crippen LogP contribution in [-0.4, -0.2) is 44.2 Å². The molecule has 1 aliphatic rings. The highest BCUT2D eigenvalue weighted by atomic mass is 16.6. The molecule has 9 nitrogen and oxygen atoms in total. The van der Waals surface area contributed by atoms with E-state index < -0.39 is 5.60 Å². The quantitative estimate of drug-likeness (QED) is 0.395. The van der Waals surface area contributed by atoms with E-state index in [9.17, 15) is 10.1 Å². The Hall–Kier alpha value is -4.58. The number of rotatable bonds is 4. The number of carbonyl (C=O) groups is 1. The molecule has 1 atom stereocenters. The molecule has 2 aromatic carbocycles. The molecule has 5 rings (SSSR count). The Bertz CT molecular complexity index is 1480. The van der Waals surface area contributed by atoms with Crippen LogP contribution in [-0.2, 0) is 4.74 Å². The van der Waals surface area contributed by atoms with Crippen molar-refractivity contribution < 1.29 is 14.3 Å². The number of nitrogens with two attached hydrogens (primary N) is 1. The molecule has 0 spiro atoms. The second kappa shape index (κ2) is 9.47. The number of hydrogen-bond acceptors (Lipinski definition) is 7. The molecule has 1 saturated heterocycles. The van der Waals surface area contributed by atoms with Gasteiger partial charge in [-0.3, -0.25) is 0 Å². The molecule has 4 aromatic rings. The Balaban J connectivity index is 1.52. The van der Waals surface area contributed by atoms with Gasteiger partial charge in [-0.2, -0.15) is 5.26 Å². The minimum atomic E-state index is -0.585. The average Bonchev–Trinajstić information content (AvgIpc) is 3.47.